The minimum absolute atomic E-state index is 0.706. The second kappa shape index (κ2) is 4.58. The zero-order valence-electron chi connectivity index (χ0n) is 9.91. The Morgan fingerprint density at radius 2 is 1.62 bits per heavy atom. The Balaban J connectivity index is 1.52. The first kappa shape index (κ1) is 10.3. The van der Waals surface area contributed by atoms with Crippen molar-refractivity contribution in [2.24, 2.45) is 5.92 Å². The summed E-state index contributed by atoms with van der Waals surface area (Å²) >= 11 is 0. The molecule has 1 aromatic rings. The van der Waals surface area contributed by atoms with Crippen molar-refractivity contribution in [3.63, 3.8) is 0 Å². The summed E-state index contributed by atoms with van der Waals surface area (Å²) in [6.45, 7) is 1.25. The van der Waals surface area contributed by atoms with Crippen LogP contribution in [0.15, 0.2) is 24.3 Å². The maximum absolute atomic E-state index is 3.77. The lowest BCUT2D eigenvalue weighted by Gasteiger charge is -2.15. The van der Waals surface area contributed by atoms with E-state index in [1.54, 1.807) is 11.1 Å². The third kappa shape index (κ3) is 2.15. The predicted octanol–water partition coefficient (Wildman–Crippen LogP) is 2.93. The molecule has 1 heteroatoms. The van der Waals surface area contributed by atoms with Gasteiger partial charge in [-0.2, -0.15) is 0 Å². The highest BCUT2D eigenvalue weighted by Crippen LogP contribution is 2.25. The summed E-state index contributed by atoms with van der Waals surface area (Å²) in [6.07, 6.45) is 8.29. The molecule has 0 aromatic heterocycles. The van der Waals surface area contributed by atoms with Gasteiger partial charge in [0, 0.05) is 6.04 Å². The Labute approximate surface area is 98.3 Å². The van der Waals surface area contributed by atoms with Crippen LogP contribution in [0.2, 0.25) is 0 Å². The highest BCUT2D eigenvalue weighted by molar-refractivity contribution is 5.33. The zero-order chi connectivity index (χ0) is 10.8. The monoisotopic (exact) mass is 215 g/mol. The molecule has 3 rings (SSSR count). The summed E-state index contributed by atoms with van der Waals surface area (Å²) in [6, 6.07) is 9.60. The van der Waals surface area contributed by atoms with Gasteiger partial charge in [0.1, 0.15) is 0 Å². The molecule has 1 saturated carbocycles. The SMILES string of the molecule is c1ccc2c(c1)CC(NCC1CCCC1)C2. The lowest BCUT2D eigenvalue weighted by Crippen LogP contribution is -2.33. The molecular weight excluding hydrogens is 194 g/mol. The van der Waals surface area contributed by atoms with Crippen LogP contribution in [0.5, 0.6) is 0 Å². The zero-order valence-corrected chi connectivity index (χ0v) is 9.91. The Morgan fingerprint density at radius 1 is 1.00 bits per heavy atom. The summed E-state index contributed by atoms with van der Waals surface area (Å²) in [5, 5.41) is 3.77. The molecule has 0 bridgehead atoms. The van der Waals surface area contributed by atoms with Crippen LogP contribution in [0.4, 0.5) is 0 Å². The molecule has 0 aliphatic heterocycles. The molecule has 0 heterocycles. The van der Waals surface area contributed by atoms with Gasteiger partial charge < -0.3 is 5.32 Å². The van der Waals surface area contributed by atoms with Crippen molar-refractivity contribution in [3.8, 4) is 0 Å². The van der Waals surface area contributed by atoms with Gasteiger partial charge in [0.25, 0.3) is 0 Å². The van der Waals surface area contributed by atoms with Crippen LogP contribution in [0.3, 0.4) is 0 Å². The van der Waals surface area contributed by atoms with Crippen molar-refractivity contribution >= 4 is 0 Å². The summed E-state index contributed by atoms with van der Waals surface area (Å²) in [5.74, 6) is 0.962. The van der Waals surface area contributed by atoms with E-state index in [4.69, 9.17) is 0 Å². The van der Waals surface area contributed by atoms with Crippen molar-refractivity contribution in [2.75, 3.05) is 6.54 Å². The minimum atomic E-state index is 0.706. The van der Waals surface area contributed by atoms with E-state index in [0.29, 0.717) is 6.04 Å². The lowest BCUT2D eigenvalue weighted by atomic mass is 10.1. The Bertz CT molecular complexity index is 327. The van der Waals surface area contributed by atoms with Crippen LogP contribution in [-0.4, -0.2) is 12.6 Å². The van der Waals surface area contributed by atoms with Gasteiger partial charge in [-0.1, -0.05) is 37.1 Å². The molecule has 0 saturated heterocycles. The maximum atomic E-state index is 3.77. The van der Waals surface area contributed by atoms with E-state index >= 15 is 0 Å². The quantitative estimate of drug-likeness (QED) is 0.817. The number of fused-ring (bicyclic) bond motifs is 1. The van der Waals surface area contributed by atoms with Crippen molar-refractivity contribution < 1.29 is 0 Å². The normalized spacial score (nSPS) is 21.5. The van der Waals surface area contributed by atoms with E-state index in [1.807, 2.05) is 0 Å². The molecule has 0 spiro atoms. The molecule has 0 atom stereocenters. The van der Waals surface area contributed by atoms with Crippen molar-refractivity contribution in [3.05, 3.63) is 35.4 Å². The van der Waals surface area contributed by atoms with Gasteiger partial charge in [-0.05, 0) is 49.3 Å². The van der Waals surface area contributed by atoms with Gasteiger partial charge in [0.05, 0.1) is 0 Å². The number of rotatable bonds is 3. The van der Waals surface area contributed by atoms with Crippen LogP contribution in [0.1, 0.15) is 36.8 Å². The molecule has 16 heavy (non-hydrogen) atoms. The Morgan fingerprint density at radius 3 is 2.25 bits per heavy atom. The molecule has 1 nitrogen and oxygen atoms in total. The predicted molar refractivity (Wildman–Crippen MR) is 67.6 cm³/mol. The first-order chi connectivity index (χ1) is 7.92. The van der Waals surface area contributed by atoms with Crippen LogP contribution >= 0.6 is 0 Å². The van der Waals surface area contributed by atoms with Crippen LogP contribution in [0.25, 0.3) is 0 Å². The molecular formula is C15H21N. The molecule has 1 aromatic carbocycles. The maximum Gasteiger partial charge on any atom is 0.0148 e. The van der Waals surface area contributed by atoms with E-state index in [0.717, 1.165) is 5.92 Å². The lowest BCUT2D eigenvalue weighted by molar-refractivity contribution is 0.438. The fourth-order valence-corrected chi connectivity index (χ4v) is 3.25. The third-order valence-electron chi connectivity index (χ3n) is 4.22. The molecule has 2 aliphatic carbocycles. The smallest absolute Gasteiger partial charge is 0.0148 e. The van der Waals surface area contributed by atoms with Crippen LogP contribution < -0.4 is 5.32 Å². The van der Waals surface area contributed by atoms with E-state index in [1.165, 1.54) is 45.1 Å². The van der Waals surface area contributed by atoms with Gasteiger partial charge in [-0.15, -0.1) is 0 Å². The number of nitrogens with one attached hydrogen (secondary N) is 1. The summed E-state index contributed by atoms with van der Waals surface area (Å²) in [4.78, 5) is 0. The first-order valence-corrected chi connectivity index (χ1v) is 6.72. The van der Waals surface area contributed by atoms with Gasteiger partial charge in [0.2, 0.25) is 0 Å². The van der Waals surface area contributed by atoms with E-state index in [-0.39, 0.29) is 0 Å². The van der Waals surface area contributed by atoms with E-state index < -0.39 is 0 Å². The standard InChI is InChI=1S/C15H21N/c1-2-6-12(5-1)11-16-15-9-13-7-3-4-8-14(13)10-15/h3-4,7-8,12,15-16H,1-2,5-6,9-11H2. The minimum Gasteiger partial charge on any atom is -0.313 e. The van der Waals surface area contributed by atoms with Crippen molar-refractivity contribution in [1.82, 2.24) is 5.32 Å². The van der Waals surface area contributed by atoms with Crippen LogP contribution in [-0.2, 0) is 12.8 Å². The summed E-state index contributed by atoms with van der Waals surface area (Å²) in [7, 11) is 0. The molecule has 1 N–H and O–H groups in total. The highest BCUT2D eigenvalue weighted by atomic mass is 14.9. The van der Waals surface area contributed by atoms with Crippen molar-refractivity contribution in [2.45, 2.75) is 44.6 Å². The first-order valence-electron chi connectivity index (χ1n) is 6.72. The topological polar surface area (TPSA) is 12.0 Å². The summed E-state index contributed by atoms with van der Waals surface area (Å²) < 4.78 is 0. The van der Waals surface area contributed by atoms with Gasteiger partial charge >= 0.3 is 0 Å². The second-order valence-electron chi connectivity index (χ2n) is 5.43. The molecule has 0 unspecified atom stereocenters. The van der Waals surface area contributed by atoms with E-state index in [9.17, 15) is 0 Å². The van der Waals surface area contributed by atoms with Crippen LogP contribution in [0, 0.1) is 5.92 Å². The van der Waals surface area contributed by atoms with Gasteiger partial charge in [-0.3, -0.25) is 0 Å². The third-order valence-corrected chi connectivity index (χ3v) is 4.22. The highest BCUT2D eigenvalue weighted by Gasteiger charge is 2.22. The number of hydrogen-bond donors (Lipinski definition) is 1. The number of hydrogen-bond acceptors (Lipinski definition) is 1. The largest absolute Gasteiger partial charge is 0.313 e. The van der Waals surface area contributed by atoms with E-state index in [2.05, 4.69) is 29.6 Å². The fourth-order valence-electron chi connectivity index (χ4n) is 3.25. The summed E-state index contributed by atoms with van der Waals surface area (Å²) in [5.41, 5.74) is 3.12. The molecule has 0 amide bonds. The average molecular weight is 215 g/mol. The second-order valence-corrected chi connectivity index (χ2v) is 5.43. The fraction of sp³-hybridized carbons (Fsp3) is 0.600. The van der Waals surface area contributed by atoms with Gasteiger partial charge in [-0.25, -0.2) is 0 Å². The molecule has 1 fully saturated rings. The number of benzene rings is 1. The van der Waals surface area contributed by atoms with Crippen molar-refractivity contribution in [1.29, 1.82) is 0 Å². The Hall–Kier alpha value is -0.820. The average Bonchev–Trinajstić information content (AvgIpc) is 2.95. The molecule has 2 aliphatic rings. The van der Waals surface area contributed by atoms with Gasteiger partial charge in [0.15, 0.2) is 0 Å². The Kier molecular flexibility index (Phi) is 2.96. The molecule has 0 radical (unpaired) electrons. The molecule has 86 valence electrons.